The Morgan fingerprint density at radius 3 is 2.88 bits per heavy atom. The van der Waals surface area contributed by atoms with Gasteiger partial charge in [-0.25, -0.2) is 10.4 Å². The Morgan fingerprint density at radius 1 is 1.12 bits per heavy atom. The van der Waals surface area contributed by atoms with E-state index >= 15 is 0 Å². The number of nitrogens with one attached hydrogen (secondary N) is 1. The van der Waals surface area contributed by atoms with Crippen molar-refractivity contribution >= 4 is 12.2 Å². The number of nitrogens with zero attached hydrogens (tertiary/aromatic N) is 5. The van der Waals surface area contributed by atoms with Gasteiger partial charge in [-0.15, -0.1) is 0 Å². The molecule has 10 nitrogen and oxygen atoms in total. The monoisotopic (exact) mass is 446 g/mol. The number of ether oxygens (including phenoxy) is 2. The van der Waals surface area contributed by atoms with Gasteiger partial charge < -0.3 is 14.0 Å². The molecule has 1 saturated heterocycles. The minimum absolute atomic E-state index is 0.0481. The van der Waals surface area contributed by atoms with Gasteiger partial charge in [0.1, 0.15) is 18.9 Å². The molecule has 1 fully saturated rings. The molecule has 0 spiro atoms. The molecular weight excluding hydrogens is 424 g/mol. The summed E-state index contributed by atoms with van der Waals surface area (Å²) in [6.07, 6.45) is 2.29. The molecule has 0 saturated carbocycles. The third-order valence-electron chi connectivity index (χ3n) is 6.14. The van der Waals surface area contributed by atoms with Crippen molar-refractivity contribution in [3.05, 3.63) is 59.0 Å². The Morgan fingerprint density at radius 2 is 2.00 bits per heavy atom. The molecule has 1 amide bonds. The van der Waals surface area contributed by atoms with Crippen molar-refractivity contribution < 1.29 is 18.8 Å². The quantitative estimate of drug-likeness (QED) is 0.652. The van der Waals surface area contributed by atoms with Gasteiger partial charge in [0.25, 0.3) is 5.91 Å². The summed E-state index contributed by atoms with van der Waals surface area (Å²) < 4.78 is 16.1. The number of carbonyl (C=O) groups excluding carboxylic acids is 1. The molecule has 2 unspecified atom stereocenters. The normalized spacial score (nSPS) is 21.1. The predicted molar refractivity (Wildman–Crippen MR) is 117 cm³/mol. The van der Waals surface area contributed by atoms with Gasteiger partial charge in [-0.2, -0.15) is 10.1 Å². The maximum atomic E-state index is 13.1. The summed E-state index contributed by atoms with van der Waals surface area (Å²) in [6.45, 7) is 4.47. The Bertz CT molecular complexity index is 1270. The molecule has 4 heterocycles. The molecule has 6 rings (SSSR count). The standard InChI is InChI=1S/C23H22N6O4/c1-13-3-5-16(14(2)7-13)17-9-18-23(30)28(24-11-29(18)26-17)10-21-25-22(27-33-21)15-4-6-19-20(8-15)32-12-31-19/h3-8,11,17-18,26H,9-10,12H2,1-2H3. The van der Waals surface area contributed by atoms with Crippen LogP contribution >= 0.6 is 0 Å². The maximum Gasteiger partial charge on any atom is 0.267 e. The second-order valence-electron chi connectivity index (χ2n) is 8.41. The summed E-state index contributed by atoms with van der Waals surface area (Å²) in [4.78, 5) is 17.6. The molecule has 0 aliphatic carbocycles. The lowest BCUT2D eigenvalue weighted by Gasteiger charge is -2.29. The van der Waals surface area contributed by atoms with E-state index in [1.54, 1.807) is 23.5 Å². The van der Waals surface area contributed by atoms with Crippen molar-refractivity contribution in [2.24, 2.45) is 5.10 Å². The number of hydrazone groups is 1. The largest absolute Gasteiger partial charge is 0.454 e. The predicted octanol–water partition coefficient (Wildman–Crippen LogP) is 2.69. The summed E-state index contributed by atoms with van der Waals surface area (Å²) in [5.41, 5.74) is 7.74. The van der Waals surface area contributed by atoms with E-state index in [-0.39, 0.29) is 31.3 Å². The van der Waals surface area contributed by atoms with Gasteiger partial charge in [0.2, 0.25) is 18.5 Å². The van der Waals surface area contributed by atoms with Crippen LogP contribution in [0.1, 0.15) is 35.0 Å². The fraction of sp³-hybridized carbons (Fsp3) is 0.304. The van der Waals surface area contributed by atoms with Crippen LogP contribution < -0.4 is 14.9 Å². The lowest BCUT2D eigenvalue weighted by Crippen LogP contribution is -2.50. The highest BCUT2D eigenvalue weighted by Crippen LogP contribution is 2.35. The first-order valence-electron chi connectivity index (χ1n) is 10.7. The summed E-state index contributed by atoms with van der Waals surface area (Å²) in [5.74, 6) is 1.93. The van der Waals surface area contributed by atoms with Crippen LogP contribution in [-0.4, -0.2) is 45.2 Å². The van der Waals surface area contributed by atoms with E-state index in [1.165, 1.54) is 21.7 Å². The zero-order valence-electron chi connectivity index (χ0n) is 18.2. The molecule has 3 aliphatic rings. The summed E-state index contributed by atoms with van der Waals surface area (Å²) in [5, 5.41) is 11.5. The number of hydrazine groups is 1. The van der Waals surface area contributed by atoms with Gasteiger partial charge in [-0.1, -0.05) is 28.9 Å². The smallest absolute Gasteiger partial charge is 0.267 e. The number of fused-ring (bicyclic) bond motifs is 2. The average molecular weight is 446 g/mol. The summed E-state index contributed by atoms with van der Waals surface area (Å²) in [7, 11) is 0. The first-order chi connectivity index (χ1) is 16.0. The lowest BCUT2D eigenvalue weighted by molar-refractivity contribution is -0.137. The molecule has 3 aromatic rings. The van der Waals surface area contributed by atoms with Crippen molar-refractivity contribution in [3.8, 4) is 22.9 Å². The van der Waals surface area contributed by atoms with Gasteiger partial charge >= 0.3 is 0 Å². The molecule has 0 bridgehead atoms. The topological polar surface area (TPSA) is 105 Å². The van der Waals surface area contributed by atoms with E-state index in [0.29, 0.717) is 29.6 Å². The Labute approximate surface area is 189 Å². The number of hydrogen-bond donors (Lipinski definition) is 1. The molecule has 168 valence electrons. The molecule has 33 heavy (non-hydrogen) atoms. The number of benzene rings is 2. The van der Waals surface area contributed by atoms with Crippen molar-refractivity contribution in [1.82, 2.24) is 25.6 Å². The van der Waals surface area contributed by atoms with Crippen LogP contribution in [0.15, 0.2) is 46.0 Å². The van der Waals surface area contributed by atoms with E-state index < -0.39 is 0 Å². The molecule has 3 aliphatic heterocycles. The third kappa shape index (κ3) is 3.48. The van der Waals surface area contributed by atoms with Crippen molar-refractivity contribution in [2.45, 2.75) is 38.9 Å². The highest BCUT2D eigenvalue weighted by Gasteiger charge is 2.41. The molecule has 2 atom stereocenters. The lowest BCUT2D eigenvalue weighted by atomic mass is 9.96. The average Bonchev–Trinajstić information content (AvgIpc) is 3.54. The highest BCUT2D eigenvalue weighted by atomic mass is 16.7. The first kappa shape index (κ1) is 19.7. The summed E-state index contributed by atoms with van der Waals surface area (Å²) >= 11 is 0. The van der Waals surface area contributed by atoms with E-state index in [2.05, 4.69) is 52.7 Å². The second-order valence-corrected chi connectivity index (χ2v) is 8.41. The zero-order valence-corrected chi connectivity index (χ0v) is 18.2. The van der Waals surface area contributed by atoms with Gasteiger partial charge in [0.05, 0.1) is 6.04 Å². The van der Waals surface area contributed by atoms with E-state index in [0.717, 1.165) is 5.56 Å². The van der Waals surface area contributed by atoms with Crippen LogP contribution in [0.25, 0.3) is 11.4 Å². The highest BCUT2D eigenvalue weighted by molar-refractivity contribution is 5.87. The molecule has 0 radical (unpaired) electrons. The van der Waals surface area contributed by atoms with Crippen molar-refractivity contribution in [2.75, 3.05) is 6.79 Å². The van der Waals surface area contributed by atoms with Crippen molar-refractivity contribution in [1.29, 1.82) is 0 Å². The fourth-order valence-electron chi connectivity index (χ4n) is 4.47. The Kier molecular flexibility index (Phi) is 4.54. The first-order valence-corrected chi connectivity index (χ1v) is 10.7. The number of aromatic nitrogens is 2. The van der Waals surface area contributed by atoms with E-state index in [1.807, 2.05) is 6.07 Å². The van der Waals surface area contributed by atoms with Gasteiger partial charge in [0, 0.05) is 5.56 Å². The second kappa shape index (κ2) is 7.59. The number of carbonyl (C=O) groups is 1. The molecular formula is C23H22N6O4. The van der Waals surface area contributed by atoms with Gasteiger partial charge in [0.15, 0.2) is 11.5 Å². The number of rotatable bonds is 4. The molecule has 1 aromatic heterocycles. The van der Waals surface area contributed by atoms with Crippen LogP contribution in [0.5, 0.6) is 11.5 Å². The fourth-order valence-corrected chi connectivity index (χ4v) is 4.47. The maximum absolute atomic E-state index is 13.1. The van der Waals surface area contributed by atoms with E-state index in [4.69, 9.17) is 14.0 Å². The number of hydrogen-bond acceptors (Lipinski definition) is 9. The number of aryl methyl sites for hydroxylation is 2. The van der Waals surface area contributed by atoms with Crippen LogP contribution in [0.2, 0.25) is 0 Å². The minimum Gasteiger partial charge on any atom is -0.454 e. The van der Waals surface area contributed by atoms with Gasteiger partial charge in [-0.3, -0.25) is 9.80 Å². The zero-order chi connectivity index (χ0) is 22.5. The molecule has 1 N–H and O–H groups in total. The van der Waals surface area contributed by atoms with Crippen LogP contribution in [0.3, 0.4) is 0 Å². The minimum atomic E-state index is -0.343. The molecule has 10 heteroatoms. The van der Waals surface area contributed by atoms with Gasteiger partial charge in [-0.05, 0) is 49.6 Å². The van der Waals surface area contributed by atoms with Crippen molar-refractivity contribution in [3.63, 3.8) is 0 Å². The van der Waals surface area contributed by atoms with Crippen LogP contribution in [-0.2, 0) is 11.3 Å². The number of amides is 1. The summed E-state index contributed by atoms with van der Waals surface area (Å²) in [6, 6.07) is 11.5. The van der Waals surface area contributed by atoms with Crippen LogP contribution in [0, 0.1) is 13.8 Å². The van der Waals surface area contributed by atoms with Crippen LogP contribution in [0.4, 0.5) is 0 Å². The Hall–Kier alpha value is -3.92. The Balaban J connectivity index is 1.16. The molecule has 2 aromatic carbocycles. The third-order valence-corrected chi connectivity index (χ3v) is 6.14. The van der Waals surface area contributed by atoms with E-state index in [9.17, 15) is 4.79 Å². The SMILES string of the molecule is Cc1ccc(C2CC3C(=O)N(Cc4nc(-c5ccc6c(c5)OCO6)no4)N=CN3N2)c(C)c1.